The van der Waals surface area contributed by atoms with Crippen LogP contribution in [-0.2, 0) is 5.33 Å². The molecule has 0 atom stereocenters. The fourth-order valence-corrected chi connectivity index (χ4v) is 1.21. The van der Waals surface area contributed by atoms with Gasteiger partial charge in [-0.05, 0) is 0 Å². The van der Waals surface area contributed by atoms with Gasteiger partial charge in [-0.3, -0.25) is 4.98 Å². The maximum atomic E-state index is 12.3. The Hall–Kier alpha value is -0.710. The maximum absolute atomic E-state index is 12.3. The number of ether oxygens (including phenoxy) is 1. The van der Waals surface area contributed by atoms with E-state index in [1.54, 1.807) is 0 Å². The number of halogens is 3. The van der Waals surface area contributed by atoms with Crippen molar-refractivity contribution in [2.24, 2.45) is 0 Å². The molecule has 0 unspecified atom stereocenters. The van der Waals surface area contributed by atoms with Gasteiger partial charge in [-0.15, -0.1) is 0 Å². The van der Waals surface area contributed by atoms with E-state index in [2.05, 4.69) is 20.9 Å². The largest absolute Gasteiger partial charge is 0.496 e. The molecule has 0 saturated carbocycles. The highest BCUT2D eigenvalue weighted by molar-refractivity contribution is 9.08. The average molecular weight is 252 g/mol. The van der Waals surface area contributed by atoms with Crippen LogP contribution in [0.1, 0.15) is 17.7 Å². The lowest BCUT2D eigenvalue weighted by atomic mass is 10.2. The van der Waals surface area contributed by atoms with Crippen LogP contribution in [0.2, 0.25) is 0 Å². The van der Waals surface area contributed by atoms with Crippen molar-refractivity contribution in [1.29, 1.82) is 0 Å². The molecule has 1 aromatic rings. The third kappa shape index (κ3) is 2.37. The first kappa shape index (κ1) is 10.4. The van der Waals surface area contributed by atoms with Crippen LogP contribution in [0.15, 0.2) is 12.3 Å². The molecule has 5 heteroatoms. The molecule has 0 fully saturated rings. The number of aromatic nitrogens is 1. The second-order valence-electron chi connectivity index (χ2n) is 2.35. The number of hydrogen-bond acceptors (Lipinski definition) is 2. The zero-order chi connectivity index (χ0) is 9.84. The summed E-state index contributed by atoms with van der Waals surface area (Å²) in [6.45, 7) is 0. The minimum Gasteiger partial charge on any atom is -0.496 e. The lowest BCUT2D eigenvalue weighted by Crippen LogP contribution is -1.96. The number of methoxy groups -OCH3 is 1. The fraction of sp³-hybridized carbons (Fsp3) is 0.375. The van der Waals surface area contributed by atoms with Gasteiger partial charge in [0.05, 0.1) is 18.4 Å². The Morgan fingerprint density at radius 1 is 1.62 bits per heavy atom. The molecule has 2 nitrogen and oxygen atoms in total. The van der Waals surface area contributed by atoms with Gasteiger partial charge >= 0.3 is 0 Å². The third-order valence-electron chi connectivity index (χ3n) is 1.54. The van der Waals surface area contributed by atoms with Crippen molar-refractivity contribution in [2.45, 2.75) is 11.8 Å². The van der Waals surface area contributed by atoms with E-state index in [0.29, 0.717) is 11.0 Å². The highest BCUT2D eigenvalue weighted by Crippen LogP contribution is 2.28. The van der Waals surface area contributed by atoms with E-state index in [1.165, 1.54) is 13.2 Å². The lowest BCUT2D eigenvalue weighted by molar-refractivity contribution is 0.146. The van der Waals surface area contributed by atoms with Crippen LogP contribution in [-0.4, -0.2) is 12.1 Å². The molecule has 0 saturated heterocycles. The summed E-state index contributed by atoms with van der Waals surface area (Å²) in [7, 11) is 1.36. The number of hydrogen-bond donors (Lipinski definition) is 0. The molecular formula is C8H8BrF2NO. The zero-order valence-corrected chi connectivity index (χ0v) is 8.51. The second-order valence-corrected chi connectivity index (χ2v) is 2.91. The van der Waals surface area contributed by atoms with Crippen LogP contribution < -0.4 is 4.74 Å². The molecular weight excluding hydrogens is 244 g/mol. The lowest BCUT2D eigenvalue weighted by Gasteiger charge is -2.07. The summed E-state index contributed by atoms with van der Waals surface area (Å²) in [5, 5.41) is 0.521. The van der Waals surface area contributed by atoms with E-state index in [-0.39, 0.29) is 11.3 Å². The molecule has 1 heterocycles. The minimum atomic E-state index is -2.55. The molecule has 0 amide bonds. The molecule has 0 spiro atoms. The van der Waals surface area contributed by atoms with Gasteiger partial charge in [-0.2, -0.15) is 0 Å². The first-order valence-electron chi connectivity index (χ1n) is 3.56. The molecule has 1 aromatic heterocycles. The van der Waals surface area contributed by atoms with Gasteiger partial charge in [0, 0.05) is 17.6 Å². The van der Waals surface area contributed by atoms with Crippen LogP contribution in [0.4, 0.5) is 8.78 Å². The second kappa shape index (κ2) is 4.50. The highest BCUT2D eigenvalue weighted by Gasteiger charge is 2.14. The highest BCUT2D eigenvalue weighted by atomic mass is 79.9. The molecule has 1 rings (SSSR count). The van der Waals surface area contributed by atoms with Crippen molar-refractivity contribution < 1.29 is 13.5 Å². The van der Waals surface area contributed by atoms with Gasteiger partial charge in [0.15, 0.2) is 0 Å². The molecule has 0 aliphatic carbocycles. The molecule has 72 valence electrons. The Bertz CT molecular complexity index is 293. The molecule has 0 aliphatic rings. The van der Waals surface area contributed by atoms with Gasteiger partial charge in [-0.25, -0.2) is 8.78 Å². The molecule has 0 aliphatic heterocycles. The average Bonchev–Trinajstić information content (AvgIpc) is 2.16. The molecule has 0 bridgehead atoms. The number of pyridine rings is 1. The summed E-state index contributed by atoms with van der Waals surface area (Å²) in [6, 6.07) is 1.50. The molecule has 0 N–H and O–H groups in total. The summed E-state index contributed by atoms with van der Waals surface area (Å²) in [5.74, 6) is 0.180. The Kier molecular flexibility index (Phi) is 3.59. The van der Waals surface area contributed by atoms with E-state index in [4.69, 9.17) is 4.74 Å². The van der Waals surface area contributed by atoms with Crippen LogP contribution in [0.3, 0.4) is 0 Å². The Morgan fingerprint density at radius 2 is 2.31 bits per heavy atom. The van der Waals surface area contributed by atoms with Gasteiger partial charge in [0.2, 0.25) is 0 Å². The van der Waals surface area contributed by atoms with Gasteiger partial charge in [0.25, 0.3) is 6.43 Å². The summed E-state index contributed by atoms with van der Waals surface area (Å²) in [6.07, 6.45) is -1.41. The summed E-state index contributed by atoms with van der Waals surface area (Å²) in [4.78, 5) is 3.82. The third-order valence-corrected chi connectivity index (χ3v) is 2.12. The van der Waals surface area contributed by atoms with Crippen LogP contribution in [0, 0.1) is 0 Å². The normalized spacial score (nSPS) is 10.5. The quantitative estimate of drug-likeness (QED) is 0.771. The van der Waals surface area contributed by atoms with Crippen molar-refractivity contribution in [1.82, 2.24) is 4.98 Å². The van der Waals surface area contributed by atoms with Crippen LogP contribution >= 0.6 is 15.9 Å². The van der Waals surface area contributed by atoms with E-state index < -0.39 is 6.43 Å². The number of alkyl halides is 3. The first-order chi connectivity index (χ1) is 6.19. The van der Waals surface area contributed by atoms with Crippen LogP contribution in [0.25, 0.3) is 0 Å². The van der Waals surface area contributed by atoms with Gasteiger partial charge in [-0.1, -0.05) is 15.9 Å². The van der Waals surface area contributed by atoms with Crippen molar-refractivity contribution in [3.8, 4) is 5.75 Å². The Morgan fingerprint density at radius 3 is 2.77 bits per heavy atom. The molecule has 13 heavy (non-hydrogen) atoms. The minimum absolute atomic E-state index is 0.174. The summed E-state index contributed by atoms with van der Waals surface area (Å²) in [5.41, 5.74) is 0.494. The van der Waals surface area contributed by atoms with Crippen molar-refractivity contribution >= 4 is 15.9 Å². The number of rotatable bonds is 3. The van der Waals surface area contributed by atoms with E-state index in [1.807, 2.05) is 0 Å². The van der Waals surface area contributed by atoms with Crippen LogP contribution in [0.5, 0.6) is 5.75 Å². The Labute approximate surface area is 83.1 Å². The van der Waals surface area contributed by atoms with Crippen molar-refractivity contribution in [2.75, 3.05) is 7.11 Å². The van der Waals surface area contributed by atoms with Crippen molar-refractivity contribution in [3.63, 3.8) is 0 Å². The summed E-state index contributed by atoms with van der Waals surface area (Å²) >= 11 is 3.18. The molecule has 0 radical (unpaired) electrons. The Balaban J connectivity index is 3.08. The SMILES string of the molecule is COc1cc(CBr)ncc1C(F)F. The first-order valence-corrected chi connectivity index (χ1v) is 4.68. The van der Waals surface area contributed by atoms with Gasteiger partial charge < -0.3 is 4.74 Å². The zero-order valence-electron chi connectivity index (χ0n) is 6.93. The standard InChI is InChI=1S/C8H8BrF2NO/c1-13-7-2-5(3-9)12-4-6(7)8(10)11/h2,4,8H,3H2,1H3. The van der Waals surface area contributed by atoms with E-state index >= 15 is 0 Å². The fourth-order valence-electron chi connectivity index (χ4n) is 0.902. The van der Waals surface area contributed by atoms with E-state index in [0.717, 1.165) is 6.20 Å². The maximum Gasteiger partial charge on any atom is 0.268 e. The smallest absolute Gasteiger partial charge is 0.268 e. The monoisotopic (exact) mass is 251 g/mol. The van der Waals surface area contributed by atoms with Crippen molar-refractivity contribution in [3.05, 3.63) is 23.5 Å². The predicted molar refractivity (Wildman–Crippen MR) is 48.4 cm³/mol. The topological polar surface area (TPSA) is 22.1 Å². The molecule has 0 aromatic carbocycles. The summed E-state index contributed by atoms with van der Waals surface area (Å²) < 4.78 is 29.4. The number of nitrogens with zero attached hydrogens (tertiary/aromatic N) is 1. The van der Waals surface area contributed by atoms with E-state index in [9.17, 15) is 8.78 Å². The van der Waals surface area contributed by atoms with Gasteiger partial charge in [0.1, 0.15) is 5.75 Å². The predicted octanol–water partition coefficient (Wildman–Crippen LogP) is 2.92.